The molecule has 0 saturated heterocycles. The maximum absolute atomic E-state index is 13.2. The second-order valence-electron chi connectivity index (χ2n) is 8.04. The van der Waals surface area contributed by atoms with Crippen molar-refractivity contribution in [2.75, 3.05) is 28.6 Å². The SMILES string of the molecule is O=C(NCCN(C(=O)Nc1ccc([N+](=O)[O-])cc1)c1ccc(Oc2ccccc2)cc1)Nc1ccccc1. The number of para-hydroxylation sites is 2. The Balaban J connectivity index is 1.44. The van der Waals surface area contributed by atoms with Gasteiger partial charge in [0, 0.05) is 42.3 Å². The summed E-state index contributed by atoms with van der Waals surface area (Å²) < 4.78 is 5.83. The van der Waals surface area contributed by atoms with E-state index in [2.05, 4.69) is 16.0 Å². The zero-order valence-corrected chi connectivity index (χ0v) is 20.2. The Labute approximate surface area is 219 Å². The van der Waals surface area contributed by atoms with Crippen LogP contribution in [0.5, 0.6) is 11.5 Å². The summed E-state index contributed by atoms with van der Waals surface area (Å²) in [6.45, 7) is 0.314. The molecule has 38 heavy (non-hydrogen) atoms. The average Bonchev–Trinajstić information content (AvgIpc) is 2.93. The van der Waals surface area contributed by atoms with Crippen molar-refractivity contribution in [2.45, 2.75) is 0 Å². The Morgan fingerprint density at radius 2 is 1.32 bits per heavy atom. The summed E-state index contributed by atoms with van der Waals surface area (Å²) in [6, 6.07) is 29.9. The molecule has 0 spiro atoms. The molecule has 0 bridgehead atoms. The first kappa shape index (κ1) is 25.7. The van der Waals surface area contributed by atoms with E-state index in [9.17, 15) is 19.7 Å². The summed E-state index contributed by atoms with van der Waals surface area (Å²) >= 11 is 0. The van der Waals surface area contributed by atoms with E-state index in [0.717, 1.165) is 0 Å². The molecule has 0 atom stereocenters. The third-order valence-corrected chi connectivity index (χ3v) is 5.35. The van der Waals surface area contributed by atoms with Crippen LogP contribution in [0.25, 0.3) is 0 Å². The van der Waals surface area contributed by atoms with Gasteiger partial charge in [-0.15, -0.1) is 0 Å². The van der Waals surface area contributed by atoms with Gasteiger partial charge >= 0.3 is 12.1 Å². The Morgan fingerprint density at radius 1 is 0.737 bits per heavy atom. The molecule has 192 valence electrons. The van der Waals surface area contributed by atoms with Gasteiger partial charge in [0.25, 0.3) is 5.69 Å². The molecule has 0 saturated carbocycles. The van der Waals surface area contributed by atoms with Crippen LogP contribution in [0.2, 0.25) is 0 Å². The van der Waals surface area contributed by atoms with Gasteiger partial charge in [-0.2, -0.15) is 0 Å². The van der Waals surface area contributed by atoms with E-state index >= 15 is 0 Å². The number of non-ortho nitro benzene ring substituents is 1. The predicted octanol–water partition coefficient (Wildman–Crippen LogP) is 6.25. The van der Waals surface area contributed by atoms with E-state index in [0.29, 0.717) is 28.6 Å². The molecule has 0 heterocycles. The highest BCUT2D eigenvalue weighted by Crippen LogP contribution is 2.25. The van der Waals surface area contributed by atoms with Gasteiger partial charge in [-0.25, -0.2) is 9.59 Å². The third kappa shape index (κ3) is 7.31. The molecule has 10 nitrogen and oxygen atoms in total. The first-order valence-electron chi connectivity index (χ1n) is 11.7. The molecule has 0 fully saturated rings. The highest BCUT2D eigenvalue weighted by Gasteiger charge is 2.17. The van der Waals surface area contributed by atoms with Crippen molar-refractivity contribution < 1.29 is 19.2 Å². The molecule has 0 radical (unpaired) electrons. The van der Waals surface area contributed by atoms with Crippen LogP contribution in [0.15, 0.2) is 109 Å². The second-order valence-corrected chi connectivity index (χ2v) is 8.04. The fourth-order valence-corrected chi connectivity index (χ4v) is 3.50. The largest absolute Gasteiger partial charge is 0.457 e. The van der Waals surface area contributed by atoms with E-state index in [-0.39, 0.29) is 18.8 Å². The average molecular weight is 512 g/mol. The smallest absolute Gasteiger partial charge is 0.326 e. The molecule has 0 aliphatic heterocycles. The van der Waals surface area contributed by atoms with Gasteiger partial charge in [-0.3, -0.25) is 15.0 Å². The summed E-state index contributed by atoms with van der Waals surface area (Å²) in [6.07, 6.45) is 0. The number of hydrogen-bond acceptors (Lipinski definition) is 5. The maximum Gasteiger partial charge on any atom is 0.326 e. The van der Waals surface area contributed by atoms with Crippen LogP contribution in [0, 0.1) is 10.1 Å². The van der Waals surface area contributed by atoms with Crippen molar-refractivity contribution in [1.29, 1.82) is 0 Å². The number of nitrogens with zero attached hydrogens (tertiary/aromatic N) is 2. The second kappa shape index (κ2) is 12.5. The number of nitro benzene ring substituents is 1. The summed E-state index contributed by atoms with van der Waals surface area (Å²) in [4.78, 5) is 37.3. The first-order valence-corrected chi connectivity index (χ1v) is 11.7. The molecule has 4 amide bonds. The monoisotopic (exact) mass is 511 g/mol. The van der Waals surface area contributed by atoms with Crippen molar-refractivity contribution in [3.63, 3.8) is 0 Å². The van der Waals surface area contributed by atoms with Crippen molar-refractivity contribution in [3.05, 3.63) is 119 Å². The van der Waals surface area contributed by atoms with E-state index in [1.165, 1.54) is 29.2 Å². The van der Waals surface area contributed by atoms with Crippen LogP contribution in [-0.2, 0) is 0 Å². The van der Waals surface area contributed by atoms with Gasteiger partial charge in [0.2, 0.25) is 0 Å². The lowest BCUT2D eigenvalue weighted by atomic mass is 10.2. The number of carbonyl (C=O) groups is 2. The third-order valence-electron chi connectivity index (χ3n) is 5.35. The number of benzene rings is 4. The summed E-state index contributed by atoms with van der Waals surface area (Å²) in [5.41, 5.74) is 1.52. The Morgan fingerprint density at radius 3 is 1.95 bits per heavy atom. The van der Waals surface area contributed by atoms with E-state index in [4.69, 9.17) is 4.74 Å². The first-order chi connectivity index (χ1) is 18.5. The number of anilines is 3. The molecular formula is C28H25N5O5. The fourth-order valence-electron chi connectivity index (χ4n) is 3.50. The van der Waals surface area contributed by atoms with Crippen LogP contribution < -0.4 is 25.6 Å². The van der Waals surface area contributed by atoms with Gasteiger partial charge in [0.15, 0.2) is 0 Å². The minimum absolute atomic E-state index is 0.0810. The van der Waals surface area contributed by atoms with Crippen LogP contribution in [0.1, 0.15) is 0 Å². The number of nitrogens with one attached hydrogen (secondary N) is 3. The number of amides is 4. The fraction of sp³-hybridized carbons (Fsp3) is 0.0714. The lowest BCUT2D eigenvalue weighted by molar-refractivity contribution is -0.384. The molecule has 0 aliphatic carbocycles. The number of urea groups is 2. The van der Waals surface area contributed by atoms with E-state index < -0.39 is 17.0 Å². The zero-order chi connectivity index (χ0) is 26.7. The van der Waals surface area contributed by atoms with Crippen LogP contribution in [0.3, 0.4) is 0 Å². The number of carbonyl (C=O) groups excluding carboxylic acids is 2. The van der Waals surface area contributed by atoms with Crippen molar-refractivity contribution in [1.82, 2.24) is 5.32 Å². The summed E-state index contributed by atoms with van der Waals surface area (Å²) in [7, 11) is 0. The lowest BCUT2D eigenvalue weighted by Crippen LogP contribution is -2.42. The molecule has 10 heteroatoms. The van der Waals surface area contributed by atoms with Crippen LogP contribution in [0.4, 0.5) is 32.3 Å². The minimum atomic E-state index is -0.511. The number of rotatable bonds is 9. The van der Waals surface area contributed by atoms with Crippen molar-refractivity contribution >= 4 is 34.8 Å². The number of hydrogen-bond donors (Lipinski definition) is 3. The van der Waals surface area contributed by atoms with E-state index in [1.54, 1.807) is 36.4 Å². The molecule has 0 unspecified atom stereocenters. The molecular weight excluding hydrogens is 486 g/mol. The maximum atomic E-state index is 13.2. The number of nitro groups is 1. The zero-order valence-electron chi connectivity index (χ0n) is 20.2. The summed E-state index contributed by atoms with van der Waals surface area (Å²) in [5, 5.41) is 19.1. The highest BCUT2D eigenvalue weighted by atomic mass is 16.6. The molecule has 4 aromatic rings. The molecule has 0 aliphatic rings. The Bertz CT molecular complexity index is 1360. The highest BCUT2D eigenvalue weighted by molar-refractivity contribution is 6.02. The Kier molecular flexibility index (Phi) is 8.48. The lowest BCUT2D eigenvalue weighted by Gasteiger charge is -2.24. The van der Waals surface area contributed by atoms with Gasteiger partial charge in [0.1, 0.15) is 11.5 Å². The van der Waals surface area contributed by atoms with Gasteiger partial charge < -0.3 is 20.7 Å². The van der Waals surface area contributed by atoms with Gasteiger partial charge in [0.05, 0.1) is 4.92 Å². The molecule has 3 N–H and O–H groups in total. The number of ether oxygens (including phenoxy) is 1. The Hall–Kier alpha value is -5.38. The predicted molar refractivity (Wildman–Crippen MR) is 146 cm³/mol. The molecule has 0 aromatic heterocycles. The van der Waals surface area contributed by atoms with Crippen LogP contribution >= 0.6 is 0 Å². The molecule has 4 aromatic carbocycles. The standard InChI is InChI=1S/C28H25N5O5/c34-27(30-21-7-3-1-4-8-21)29-19-20-32(28(35)31-22-11-13-24(14-12-22)33(36)37)23-15-17-26(18-16-23)38-25-9-5-2-6-10-25/h1-18H,19-20H2,(H,31,35)(H2,29,30,34). The quantitative estimate of drug-likeness (QED) is 0.181. The molecule has 4 rings (SSSR count). The normalized spacial score (nSPS) is 10.2. The van der Waals surface area contributed by atoms with Crippen molar-refractivity contribution in [3.8, 4) is 11.5 Å². The van der Waals surface area contributed by atoms with Gasteiger partial charge in [-0.05, 0) is 60.7 Å². The van der Waals surface area contributed by atoms with Gasteiger partial charge in [-0.1, -0.05) is 36.4 Å². The topological polar surface area (TPSA) is 126 Å². The summed E-state index contributed by atoms with van der Waals surface area (Å²) in [5.74, 6) is 1.28. The van der Waals surface area contributed by atoms with Crippen molar-refractivity contribution in [2.24, 2.45) is 0 Å². The van der Waals surface area contributed by atoms with Crippen LogP contribution in [-0.4, -0.2) is 30.1 Å². The minimum Gasteiger partial charge on any atom is -0.457 e. The van der Waals surface area contributed by atoms with E-state index in [1.807, 2.05) is 48.5 Å².